The molecule has 0 saturated heterocycles. The van der Waals surface area contributed by atoms with Crippen LogP contribution in [0.15, 0.2) is 5.38 Å². The van der Waals surface area contributed by atoms with Crippen LogP contribution in [-0.4, -0.2) is 22.7 Å². The van der Waals surface area contributed by atoms with Crippen LogP contribution in [0.4, 0.5) is 5.13 Å². The predicted molar refractivity (Wildman–Crippen MR) is 51.9 cm³/mol. The zero-order valence-electron chi connectivity index (χ0n) is 6.75. The van der Waals surface area contributed by atoms with Gasteiger partial charge in [-0.2, -0.15) is 0 Å². The Morgan fingerprint density at radius 2 is 2.58 bits per heavy atom. The Morgan fingerprint density at radius 1 is 1.83 bits per heavy atom. The molecular weight excluding hydrogens is 196 g/mol. The molecule has 1 unspecified atom stereocenters. The van der Waals surface area contributed by atoms with Crippen molar-refractivity contribution in [3.8, 4) is 0 Å². The molecule has 0 aliphatic heterocycles. The maximum Gasteiger partial charge on any atom is 0.184 e. The molecule has 0 aromatic carbocycles. The van der Waals surface area contributed by atoms with Gasteiger partial charge in [-0.3, -0.25) is 0 Å². The summed E-state index contributed by atoms with van der Waals surface area (Å²) in [7, 11) is 0. The van der Waals surface area contributed by atoms with E-state index in [9.17, 15) is 5.11 Å². The lowest BCUT2D eigenvalue weighted by Gasteiger charge is -2.07. The highest BCUT2D eigenvalue weighted by Crippen LogP contribution is 2.18. The highest BCUT2D eigenvalue weighted by atomic mass is 35.5. The molecule has 1 aromatic rings. The van der Waals surface area contributed by atoms with Crippen molar-refractivity contribution in [2.24, 2.45) is 0 Å². The number of thiazole rings is 1. The highest BCUT2D eigenvalue weighted by molar-refractivity contribution is 7.14. The normalized spacial score (nSPS) is 12.9. The Hall–Kier alpha value is -0.320. The average Bonchev–Trinajstić information content (AvgIpc) is 2.47. The number of hydrogen-bond acceptors (Lipinski definition) is 4. The molecule has 1 heterocycles. The Balaban J connectivity index is 2.33. The summed E-state index contributed by atoms with van der Waals surface area (Å²) < 4.78 is 0. The van der Waals surface area contributed by atoms with E-state index in [4.69, 9.17) is 11.6 Å². The monoisotopic (exact) mass is 206 g/mol. The van der Waals surface area contributed by atoms with Gasteiger partial charge in [-0.1, -0.05) is 18.5 Å². The van der Waals surface area contributed by atoms with Crippen LogP contribution in [-0.2, 0) is 0 Å². The summed E-state index contributed by atoms with van der Waals surface area (Å²) in [5, 5.41) is 15.2. The van der Waals surface area contributed by atoms with Crippen LogP contribution in [0.3, 0.4) is 0 Å². The van der Waals surface area contributed by atoms with E-state index in [2.05, 4.69) is 10.3 Å². The maximum atomic E-state index is 9.21. The average molecular weight is 207 g/mol. The second kappa shape index (κ2) is 4.64. The number of aliphatic hydroxyl groups excluding tert-OH is 1. The second-order valence-corrected chi connectivity index (χ2v) is 3.66. The number of hydrogen-bond donors (Lipinski definition) is 2. The molecule has 1 atom stereocenters. The Bertz CT molecular complexity index is 241. The fourth-order valence-corrected chi connectivity index (χ4v) is 1.53. The van der Waals surface area contributed by atoms with Crippen molar-refractivity contribution in [3.05, 3.63) is 10.5 Å². The first-order valence-corrected chi connectivity index (χ1v) is 5.01. The number of nitrogens with one attached hydrogen (secondary N) is 1. The molecule has 0 radical (unpaired) electrons. The molecule has 0 aliphatic rings. The third-order valence-electron chi connectivity index (χ3n) is 1.44. The van der Waals surface area contributed by atoms with Crippen LogP contribution in [0, 0.1) is 0 Å². The minimum atomic E-state index is -0.312. The summed E-state index contributed by atoms with van der Waals surface area (Å²) in [4.78, 5) is 3.98. The summed E-state index contributed by atoms with van der Waals surface area (Å²) in [5.41, 5.74) is 0. The first-order valence-electron chi connectivity index (χ1n) is 3.75. The number of aliphatic hydroxyl groups is 1. The Morgan fingerprint density at radius 3 is 3.08 bits per heavy atom. The van der Waals surface area contributed by atoms with E-state index in [-0.39, 0.29) is 6.10 Å². The highest BCUT2D eigenvalue weighted by Gasteiger charge is 2.02. The molecule has 12 heavy (non-hydrogen) atoms. The predicted octanol–water partition coefficient (Wildman–Crippen LogP) is 1.98. The summed E-state index contributed by atoms with van der Waals surface area (Å²) in [6.45, 7) is 2.46. The first kappa shape index (κ1) is 9.77. The zero-order valence-corrected chi connectivity index (χ0v) is 8.32. The van der Waals surface area contributed by atoms with Gasteiger partial charge in [0.15, 0.2) is 5.13 Å². The molecule has 0 aliphatic carbocycles. The fourth-order valence-electron chi connectivity index (χ4n) is 0.685. The maximum absolute atomic E-state index is 9.21. The van der Waals surface area contributed by atoms with Gasteiger partial charge in [0.2, 0.25) is 0 Å². The van der Waals surface area contributed by atoms with Gasteiger partial charge in [0.1, 0.15) is 5.15 Å². The zero-order chi connectivity index (χ0) is 8.97. The number of halogens is 1. The first-order chi connectivity index (χ1) is 5.72. The summed E-state index contributed by atoms with van der Waals surface area (Å²) in [5.74, 6) is 0. The number of aromatic nitrogens is 1. The third-order valence-corrected chi connectivity index (χ3v) is 2.56. The molecule has 3 nitrogen and oxygen atoms in total. The molecule has 0 bridgehead atoms. The van der Waals surface area contributed by atoms with Crippen molar-refractivity contribution in [1.82, 2.24) is 4.98 Å². The topological polar surface area (TPSA) is 45.1 Å². The number of nitrogens with zero attached hydrogens (tertiary/aromatic N) is 1. The molecular formula is C7H11ClN2OS. The van der Waals surface area contributed by atoms with Crippen molar-refractivity contribution >= 4 is 28.1 Å². The van der Waals surface area contributed by atoms with Crippen molar-refractivity contribution in [2.75, 3.05) is 11.9 Å². The summed E-state index contributed by atoms with van der Waals surface area (Å²) in [6.07, 6.45) is 0.430. The van der Waals surface area contributed by atoms with Gasteiger partial charge in [0.25, 0.3) is 0 Å². The van der Waals surface area contributed by atoms with Crippen LogP contribution < -0.4 is 5.32 Å². The van der Waals surface area contributed by atoms with Gasteiger partial charge in [-0.15, -0.1) is 11.3 Å². The van der Waals surface area contributed by atoms with E-state index in [1.54, 1.807) is 5.38 Å². The van der Waals surface area contributed by atoms with Crippen molar-refractivity contribution in [2.45, 2.75) is 19.4 Å². The minimum absolute atomic E-state index is 0.312. The van der Waals surface area contributed by atoms with E-state index < -0.39 is 0 Å². The van der Waals surface area contributed by atoms with Crippen LogP contribution >= 0.6 is 22.9 Å². The molecule has 0 amide bonds. The van der Waals surface area contributed by atoms with Crippen LogP contribution in [0.25, 0.3) is 0 Å². The van der Waals surface area contributed by atoms with Gasteiger partial charge in [0.05, 0.1) is 6.10 Å². The molecule has 1 rings (SSSR count). The minimum Gasteiger partial charge on any atom is -0.391 e. The Kier molecular flexibility index (Phi) is 3.78. The van der Waals surface area contributed by atoms with E-state index in [0.717, 1.165) is 11.6 Å². The van der Waals surface area contributed by atoms with Gasteiger partial charge < -0.3 is 10.4 Å². The molecule has 1 aromatic heterocycles. The molecule has 0 saturated carbocycles. The SMILES string of the molecule is CCC(O)CNc1nc(Cl)cs1. The van der Waals surface area contributed by atoms with Crippen molar-refractivity contribution in [1.29, 1.82) is 0 Å². The lowest BCUT2D eigenvalue weighted by Crippen LogP contribution is -2.17. The van der Waals surface area contributed by atoms with Crippen molar-refractivity contribution < 1.29 is 5.11 Å². The number of rotatable bonds is 4. The Labute approximate surface area is 80.4 Å². The van der Waals surface area contributed by atoms with Gasteiger partial charge >= 0.3 is 0 Å². The largest absolute Gasteiger partial charge is 0.391 e. The smallest absolute Gasteiger partial charge is 0.184 e. The third kappa shape index (κ3) is 2.97. The van der Waals surface area contributed by atoms with Crippen LogP contribution in [0.5, 0.6) is 0 Å². The molecule has 68 valence electrons. The molecule has 5 heteroatoms. The van der Waals surface area contributed by atoms with Crippen molar-refractivity contribution in [3.63, 3.8) is 0 Å². The van der Waals surface area contributed by atoms with Gasteiger partial charge in [0, 0.05) is 11.9 Å². The lowest BCUT2D eigenvalue weighted by atomic mass is 10.3. The number of anilines is 1. The molecule has 0 spiro atoms. The van der Waals surface area contributed by atoms with Crippen LogP contribution in [0.2, 0.25) is 5.15 Å². The van der Waals surface area contributed by atoms with Gasteiger partial charge in [-0.05, 0) is 6.42 Å². The van der Waals surface area contributed by atoms with E-state index in [1.807, 2.05) is 6.92 Å². The summed E-state index contributed by atoms with van der Waals surface area (Å²) in [6, 6.07) is 0. The summed E-state index contributed by atoms with van der Waals surface area (Å²) >= 11 is 7.04. The van der Waals surface area contributed by atoms with E-state index in [1.165, 1.54) is 11.3 Å². The van der Waals surface area contributed by atoms with Gasteiger partial charge in [-0.25, -0.2) is 4.98 Å². The second-order valence-electron chi connectivity index (χ2n) is 2.42. The molecule has 0 fully saturated rings. The quantitative estimate of drug-likeness (QED) is 0.792. The lowest BCUT2D eigenvalue weighted by molar-refractivity contribution is 0.183. The van der Waals surface area contributed by atoms with Crippen LogP contribution in [0.1, 0.15) is 13.3 Å². The van der Waals surface area contributed by atoms with E-state index >= 15 is 0 Å². The molecule has 2 N–H and O–H groups in total. The van der Waals surface area contributed by atoms with E-state index in [0.29, 0.717) is 11.7 Å². The fraction of sp³-hybridized carbons (Fsp3) is 0.571. The standard InChI is InChI=1S/C7H11ClN2OS/c1-2-5(11)3-9-7-10-6(8)4-12-7/h4-5,11H,2-3H2,1H3,(H,9,10).